The second-order valence-electron chi connectivity index (χ2n) is 6.76. The van der Waals surface area contributed by atoms with Gasteiger partial charge in [-0.3, -0.25) is 19.3 Å². The summed E-state index contributed by atoms with van der Waals surface area (Å²) in [6.45, 7) is 2.12. The zero-order valence-corrected chi connectivity index (χ0v) is 18.3. The van der Waals surface area contributed by atoms with Gasteiger partial charge in [-0.1, -0.05) is 0 Å². The van der Waals surface area contributed by atoms with E-state index in [-0.39, 0.29) is 13.0 Å². The van der Waals surface area contributed by atoms with Crippen molar-refractivity contribution in [1.82, 2.24) is 20.1 Å². The Morgan fingerprint density at radius 3 is 2.52 bits per heavy atom. The van der Waals surface area contributed by atoms with Gasteiger partial charge in [0.15, 0.2) is 28.0 Å². The number of amides is 2. The summed E-state index contributed by atoms with van der Waals surface area (Å²) in [5.41, 5.74) is 0.233. The number of H-pyrrole nitrogens is 1. The van der Waals surface area contributed by atoms with E-state index >= 15 is 0 Å². The molecule has 3 rings (SSSR count). The Morgan fingerprint density at radius 1 is 1.09 bits per heavy atom. The van der Waals surface area contributed by atoms with E-state index in [1.807, 2.05) is 19.1 Å². The van der Waals surface area contributed by atoms with Gasteiger partial charge < -0.3 is 15.4 Å². The largest absolute Gasteiger partial charge is 0.494 e. The molecule has 2 amide bonds. The minimum Gasteiger partial charge on any atom is -0.494 e. The van der Waals surface area contributed by atoms with Crippen molar-refractivity contribution in [3.05, 3.63) is 58.6 Å². The third kappa shape index (κ3) is 5.98. The van der Waals surface area contributed by atoms with Crippen LogP contribution in [-0.4, -0.2) is 39.7 Å². The Hall–Kier alpha value is -3.67. The number of hydrogen-bond donors (Lipinski definition) is 3. The van der Waals surface area contributed by atoms with Crippen molar-refractivity contribution in [3.63, 3.8) is 0 Å². The number of nitrogens with one attached hydrogen (secondary N) is 3. The van der Waals surface area contributed by atoms with Crippen molar-refractivity contribution in [3.8, 4) is 17.1 Å². The van der Waals surface area contributed by atoms with Crippen molar-refractivity contribution in [2.24, 2.45) is 0 Å². The van der Waals surface area contributed by atoms with Crippen LogP contribution in [0.2, 0.25) is 0 Å². The molecule has 8 nitrogen and oxygen atoms in total. The zero-order valence-electron chi connectivity index (χ0n) is 17.5. The molecule has 1 aromatic heterocycles. The van der Waals surface area contributed by atoms with Gasteiger partial charge in [-0.05, 0) is 55.5 Å². The molecule has 12 heteroatoms. The van der Waals surface area contributed by atoms with Gasteiger partial charge >= 0.3 is 0 Å². The highest BCUT2D eigenvalue weighted by atomic mass is 32.1. The molecule has 0 unspecified atom stereocenters. The molecule has 0 saturated carbocycles. The van der Waals surface area contributed by atoms with Gasteiger partial charge in [0.05, 0.1) is 18.8 Å². The Balaban J connectivity index is 1.55. The van der Waals surface area contributed by atoms with E-state index in [2.05, 4.69) is 20.8 Å². The van der Waals surface area contributed by atoms with Gasteiger partial charge in [-0.2, -0.15) is 5.10 Å². The highest BCUT2D eigenvalue weighted by Crippen LogP contribution is 2.22. The number of anilines is 1. The van der Waals surface area contributed by atoms with E-state index in [9.17, 15) is 22.8 Å². The van der Waals surface area contributed by atoms with Crippen molar-refractivity contribution in [1.29, 1.82) is 0 Å². The van der Waals surface area contributed by atoms with Crippen LogP contribution in [0.25, 0.3) is 11.4 Å². The van der Waals surface area contributed by atoms with Gasteiger partial charge in [-0.15, -0.1) is 0 Å². The van der Waals surface area contributed by atoms with E-state index in [4.69, 9.17) is 17.0 Å². The summed E-state index contributed by atoms with van der Waals surface area (Å²) in [4.78, 5) is 24.1. The minimum absolute atomic E-state index is 0.0231. The predicted molar refractivity (Wildman–Crippen MR) is 117 cm³/mol. The summed E-state index contributed by atoms with van der Waals surface area (Å²) in [5, 5.41) is 11.3. The maximum Gasteiger partial charge on any atom is 0.243 e. The molecule has 0 fully saturated rings. The third-order valence-electron chi connectivity index (χ3n) is 4.50. The number of ether oxygens (including phenoxy) is 1. The highest BCUT2D eigenvalue weighted by molar-refractivity contribution is 7.71. The first kappa shape index (κ1) is 24.0. The quantitative estimate of drug-likeness (QED) is 0.322. The molecule has 174 valence electrons. The fraction of sp³-hybridized carbons (Fsp3) is 0.238. The molecule has 0 aliphatic rings. The number of halogens is 3. The molecule has 0 saturated heterocycles. The summed E-state index contributed by atoms with van der Waals surface area (Å²) < 4.78 is 47.2. The fourth-order valence-corrected chi connectivity index (χ4v) is 3.13. The predicted octanol–water partition coefficient (Wildman–Crippen LogP) is 3.57. The molecule has 33 heavy (non-hydrogen) atoms. The average Bonchev–Trinajstić information content (AvgIpc) is 3.17. The SMILES string of the molecule is CCOc1ccc(-c2n[nH]c(=S)n2CCC(=O)NCC(=O)Nc2ccc(F)c(F)c2F)cc1. The van der Waals surface area contributed by atoms with E-state index in [1.165, 1.54) is 0 Å². The number of benzene rings is 2. The average molecular weight is 479 g/mol. The lowest BCUT2D eigenvalue weighted by Crippen LogP contribution is -2.33. The molecule has 2 aromatic carbocycles. The zero-order chi connectivity index (χ0) is 24.0. The number of aromatic amines is 1. The first-order valence-corrected chi connectivity index (χ1v) is 10.3. The molecular weight excluding hydrogens is 459 g/mol. The number of carbonyl (C=O) groups is 2. The van der Waals surface area contributed by atoms with Gasteiger partial charge in [0.2, 0.25) is 11.8 Å². The lowest BCUT2D eigenvalue weighted by atomic mass is 10.2. The van der Waals surface area contributed by atoms with Crippen LogP contribution in [0.1, 0.15) is 13.3 Å². The van der Waals surface area contributed by atoms with E-state index in [0.717, 1.165) is 11.6 Å². The lowest BCUT2D eigenvalue weighted by Gasteiger charge is -2.10. The monoisotopic (exact) mass is 479 g/mol. The topological polar surface area (TPSA) is 101 Å². The van der Waals surface area contributed by atoms with Crippen molar-refractivity contribution in [2.45, 2.75) is 19.9 Å². The molecule has 0 atom stereocenters. The Kier molecular flexibility index (Phi) is 7.83. The molecule has 3 aromatic rings. The van der Waals surface area contributed by atoms with Crippen LogP contribution < -0.4 is 15.4 Å². The summed E-state index contributed by atoms with van der Waals surface area (Å²) in [5.74, 6) is -4.63. The smallest absolute Gasteiger partial charge is 0.243 e. The molecule has 0 bridgehead atoms. The maximum atomic E-state index is 13.6. The van der Waals surface area contributed by atoms with Crippen LogP contribution >= 0.6 is 12.2 Å². The molecule has 0 aliphatic heterocycles. The maximum absolute atomic E-state index is 13.6. The number of rotatable bonds is 9. The summed E-state index contributed by atoms with van der Waals surface area (Å²) >= 11 is 5.23. The van der Waals surface area contributed by atoms with Crippen molar-refractivity contribution >= 4 is 29.7 Å². The Bertz CT molecular complexity index is 1210. The van der Waals surface area contributed by atoms with E-state index in [0.29, 0.717) is 29.0 Å². The summed E-state index contributed by atoms with van der Waals surface area (Å²) in [6, 6.07) is 8.78. The Labute approximate surface area is 191 Å². The van der Waals surface area contributed by atoms with Crippen molar-refractivity contribution in [2.75, 3.05) is 18.5 Å². The standard InChI is InChI=1S/C21H20F3N5O3S/c1-2-32-13-5-3-12(4-6-13)20-27-28-21(33)29(20)10-9-16(30)25-11-17(31)26-15-8-7-14(22)18(23)19(15)24/h3-8H,2,9-11H2,1H3,(H,25,30)(H,26,31)(H,28,33). The Morgan fingerprint density at radius 2 is 1.82 bits per heavy atom. The van der Waals surface area contributed by atoms with Crippen LogP contribution in [0.4, 0.5) is 18.9 Å². The molecule has 1 heterocycles. The van der Waals surface area contributed by atoms with Crippen LogP contribution in [0.15, 0.2) is 36.4 Å². The first-order chi connectivity index (χ1) is 15.8. The summed E-state index contributed by atoms with van der Waals surface area (Å²) in [6.07, 6.45) is -0.0231. The van der Waals surface area contributed by atoms with Gasteiger partial charge in [0.25, 0.3) is 0 Å². The summed E-state index contributed by atoms with van der Waals surface area (Å²) in [7, 11) is 0. The fourth-order valence-electron chi connectivity index (χ4n) is 2.91. The minimum atomic E-state index is -1.70. The molecule has 0 aliphatic carbocycles. The van der Waals surface area contributed by atoms with Crippen LogP contribution in [0, 0.1) is 22.2 Å². The lowest BCUT2D eigenvalue weighted by molar-refractivity contribution is -0.124. The molecular formula is C21H20F3N5O3S. The van der Waals surface area contributed by atoms with E-state index < -0.39 is 41.5 Å². The molecule has 0 spiro atoms. The second-order valence-corrected chi connectivity index (χ2v) is 7.15. The first-order valence-electron chi connectivity index (χ1n) is 9.88. The number of hydrogen-bond acceptors (Lipinski definition) is 5. The van der Waals surface area contributed by atoms with Crippen LogP contribution in [-0.2, 0) is 16.1 Å². The van der Waals surface area contributed by atoms with E-state index in [1.54, 1.807) is 16.7 Å². The normalized spacial score (nSPS) is 10.7. The van der Waals surface area contributed by atoms with Gasteiger partial charge in [-0.25, -0.2) is 13.2 Å². The third-order valence-corrected chi connectivity index (χ3v) is 4.81. The van der Waals surface area contributed by atoms with Crippen LogP contribution in [0.3, 0.4) is 0 Å². The molecule has 0 radical (unpaired) electrons. The second kappa shape index (κ2) is 10.8. The molecule has 3 N–H and O–H groups in total. The van der Waals surface area contributed by atoms with Gasteiger partial charge in [0.1, 0.15) is 5.75 Å². The van der Waals surface area contributed by atoms with Gasteiger partial charge in [0, 0.05) is 18.5 Å². The van der Waals surface area contributed by atoms with Crippen molar-refractivity contribution < 1.29 is 27.5 Å². The number of carbonyl (C=O) groups excluding carboxylic acids is 2. The van der Waals surface area contributed by atoms with Crippen LogP contribution in [0.5, 0.6) is 5.75 Å². The number of nitrogens with zero attached hydrogens (tertiary/aromatic N) is 2. The highest BCUT2D eigenvalue weighted by Gasteiger charge is 2.16. The number of aromatic nitrogens is 3.